The zero-order chi connectivity index (χ0) is 35.6. The van der Waals surface area contributed by atoms with Gasteiger partial charge in [-0.05, 0) is 82.8 Å². The normalized spacial score (nSPS) is 21.3. The van der Waals surface area contributed by atoms with Crippen LogP contribution in [0.5, 0.6) is 0 Å². The number of hydrogen-bond donors (Lipinski definition) is 2. The van der Waals surface area contributed by atoms with Crippen LogP contribution in [0.3, 0.4) is 0 Å². The van der Waals surface area contributed by atoms with Crippen molar-refractivity contribution in [1.29, 1.82) is 0 Å². The number of carbonyl (C=O) groups excluding carboxylic acids is 5. The zero-order valence-corrected chi connectivity index (χ0v) is 31.5. The molecule has 4 unspecified atom stereocenters. The maximum Gasteiger partial charge on any atom is 0.328 e. The summed E-state index contributed by atoms with van der Waals surface area (Å²) in [5.41, 5.74) is -0.122. The molecule has 2 heterocycles. The molecule has 0 aromatic carbocycles. The van der Waals surface area contributed by atoms with Gasteiger partial charge in [-0.3, -0.25) is 24.1 Å². The second-order valence-corrected chi connectivity index (χ2v) is 15.7. The SMILES string of the molecule is COC(=O)C(CCSC)NC(=O)C1CCCN1C(=O)/C(C)=C/[C@H](C(C)C)N(C)C(=O)C(NC(=O)C1CCCCN1C(C)C)C(C)(C)C. The molecule has 268 valence electrons. The average molecular weight is 680 g/mol. The summed E-state index contributed by atoms with van der Waals surface area (Å²) in [6.45, 7) is 17.0. The van der Waals surface area contributed by atoms with E-state index in [2.05, 4.69) is 29.4 Å². The average Bonchev–Trinajstić information content (AvgIpc) is 3.52. The van der Waals surface area contributed by atoms with Crippen LogP contribution in [0.15, 0.2) is 11.6 Å². The number of likely N-dealkylation sites (tertiary alicyclic amines) is 2. The number of nitrogens with zero attached hydrogens (tertiary/aromatic N) is 3. The summed E-state index contributed by atoms with van der Waals surface area (Å²) in [7, 11) is 3.02. The highest BCUT2D eigenvalue weighted by Gasteiger charge is 2.41. The fourth-order valence-electron chi connectivity index (χ4n) is 6.57. The van der Waals surface area contributed by atoms with Gasteiger partial charge in [-0.15, -0.1) is 0 Å². The number of rotatable bonds is 14. The summed E-state index contributed by atoms with van der Waals surface area (Å²) in [4.78, 5) is 72.6. The Balaban J connectivity index is 2.26. The van der Waals surface area contributed by atoms with Crippen molar-refractivity contribution in [3.05, 3.63) is 11.6 Å². The third-order valence-corrected chi connectivity index (χ3v) is 10.0. The van der Waals surface area contributed by atoms with Crippen LogP contribution in [-0.2, 0) is 28.7 Å². The predicted molar refractivity (Wildman–Crippen MR) is 188 cm³/mol. The Labute approximate surface area is 287 Å². The van der Waals surface area contributed by atoms with Crippen molar-refractivity contribution in [2.24, 2.45) is 11.3 Å². The summed E-state index contributed by atoms with van der Waals surface area (Å²) in [6, 6.07) is -2.71. The van der Waals surface area contributed by atoms with Gasteiger partial charge in [0.2, 0.25) is 23.6 Å². The van der Waals surface area contributed by atoms with E-state index in [4.69, 9.17) is 4.74 Å². The second-order valence-electron chi connectivity index (χ2n) is 14.7. The number of carbonyl (C=O) groups is 5. The van der Waals surface area contributed by atoms with Gasteiger partial charge < -0.3 is 25.2 Å². The number of esters is 1. The van der Waals surface area contributed by atoms with E-state index in [0.717, 1.165) is 25.8 Å². The molecular weight excluding hydrogens is 618 g/mol. The van der Waals surface area contributed by atoms with Gasteiger partial charge in [0.25, 0.3) is 0 Å². The van der Waals surface area contributed by atoms with Crippen LogP contribution in [0, 0.1) is 11.3 Å². The van der Waals surface area contributed by atoms with E-state index in [0.29, 0.717) is 37.1 Å². The molecule has 2 saturated heterocycles. The first-order chi connectivity index (χ1) is 22.0. The molecule has 2 aliphatic rings. The largest absolute Gasteiger partial charge is 0.467 e. The molecular formula is C35H61N5O6S. The van der Waals surface area contributed by atoms with E-state index < -0.39 is 35.6 Å². The topological polar surface area (TPSA) is 128 Å². The Bertz CT molecular complexity index is 1140. The first kappa shape index (κ1) is 40.6. The van der Waals surface area contributed by atoms with Gasteiger partial charge in [-0.1, -0.05) is 47.1 Å². The predicted octanol–water partition coefficient (Wildman–Crippen LogP) is 3.61. The summed E-state index contributed by atoms with van der Waals surface area (Å²) in [5, 5.41) is 5.92. The Hall–Kier alpha value is -2.60. The van der Waals surface area contributed by atoms with Gasteiger partial charge in [-0.25, -0.2) is 4.79 Å². The number of nitrogens with one attached hydrogen (secondary N) is 2. The Morgan fingerprint density at radius 1 is 0.957 bits per heavy atom. The maximum atomic E-state index is 14.2. The smallest absolute Gasteiger partial charge is 0.328 e. The number of thioether (sulfide) groups is 1. The quantitative estimate of drug-likeness (QED) is 0.211. The van der Waals surface area contributed by atoms with Crippen molar-refractivity contribution >= 4 is 41.4 Å². The molecule has 2 rings (SSSR count). The van der Waals surface area contributed by atoms with Crippen molar-refractivity contribution in [3.63, 3.8) is 0 Å². The minimum Gasteiger partial charge on any atom is -0.467 e. The highest BCUT2D eigenvalue weighted by molar-refractivity contribution is 7.98. The molecule has 0 aromatic rings. The number of ether oxygens (including phenoxy) is 1. The van der Waals surface area contributed by atoms with Crippen molar-refractivity contribution < 1.29 is 28.7 Å². The molecule has 2 fully saturated rings. The lowest BCUT2D eigenvalue weighted by Gasteiger charge is -2.41. The van der Waals surface area contributed by atoms with E-state index >= 15 is 0 Å². The Kier molecular flexibility index (Phi) is 15.7. The van der Waals surface area contributed by atoms with Crippen LogP contribution >= 0.6 is 11.8 Å². The van der Waals surface area contributed by atoms with Crippen LogP contribution in [0.4, 0.5) is 0 Å². The van der Waals surface area contributed by atoms with Gasteiger partial charge in [0, 0.05) is 25.2 Å². The van der Waals surface area contributed by atoms with Crippen LogP contribution in [-0.4, -0.2) is 120 Å². The highest BCUT2D eigenvalue weighted by atomic mass is 32.2. The van der Waals surface area contributed by atoms with Crippen LogP contribution in [0.2, 0.25) is 0 Å². The lowest BCUT2D eigenvalue weighted by molar-refractivity contribution is -0.146. The summed E-state index contributed by atoms with van der Waals surface area (Å²) in [6.07, 6.45) is 8.12. The number of likely N-dealkylation sites (N-methyl/N-ethyl adjacent to an activating group) is 1. The minimum absolute atomic E-state index is 0.0345. The number of amides is 4. The van der Waals surface area contributed by atoms with Crippen molar-refractivity contribution in [3.8, 4) is 0 Å². The molecule has 2 N–H and O–H groups in total. The standard InChI is InChI=1S/C35H61N5O6S/c1-22(2)28(38(9)33(44)29(35(6,7)8)37-31(42)26-15-12-13-18-39(26)23(3)4)21-24(5)32(43)40-19-14-16-27(40)30(41)36-25(17-20-47-11)34(45)46-10/h21-23,25-29H,12-20H2,1-11H3,(H,36,41)(H,37,42)/b24-21+/t25?,26?,27?,28-,29?/m1/s1. The first-order valence-corrected chi connectivity index (χ1v) is 18.5. The summed E-state index contributed by atoms with van der Waals surface area (Å²) < 4.78 is 4.89. The summed E-state index contributed by atoms with van der Waals surface area (Å²) >= 11 is 1.57. The molecule has 5 atom stereocenters. The van der Waals surface area contributed by atoms with E-state index in [1.807, 2.05) is 40.9 Å². The Morgan fingerprint density at radius 2 is 1.57 bits per heavy atom. The van der Waals surface area contributed by atoms with E-state index in [1.165, 1.54) is 7.11 Å². The molecule has 0 aliphatic carbocycles. The summed E-state index contributed by atoms with van der Waals surface area (Å²) in [5.74, 6) is -0.852. The molecule has 0 aromatic heterocycles. The molecule has 0 radical (unpaired) electrons. The van der Waals surface area contributed by atoms with Crippen LogP contribution < -0.4 is 10.6 Å². The van der Waals surface area contributed by atoms with Crippen molar-refractivity contribution in [2.45, 2.75) is 130 Å². The molecule has 0 saturated carbocycles. The molecule has 12 heteroatoms. The molecule has 11 nitrogen and oxygen atoms in total. The van der Waals surface area contributed by atoms with Crippen LogP contribution in [0.25, 0.3) is 0 Å². The number of hydrogen-bond acceptors (Lipinski definition) is 8. The van der Waals surface area contributed by atoms with Crippen molar-refractivity contribution in [2.75, 3.05) is 39.3 Å². The third-order valence-electron chi connectivity index (χ3n) is 9.37. The van der Waals surface area contributed by atoms with Crippen molar-refractivity contribution in [1.82, 2.24) is 25.3 Å². The first-order valence-electron chi connectivity index (χ1n) is 17.1. The molecule has 47 heavy (non-hydrogen) atoms. The van der Waals surface area contributed by atoms with Crippen LogP contribution in [0.1, 0.15) is 93.9 Å². The van der Waals surface area contributed by atoms with Gasteiger partial charge in [0.1, 0.15) is 18.1 Å². The number of piperidine rings is 1. The second kappa shape index (κ2) is 18.2. The van der Waals surface area contributed by atoms with E-state index in [-0.39, 0.29) is 41.6 Å². The fraction of sp³-hybridized carbons (Fsp3) is 0.800. The minimum atomic E-state index is -0.776. The Morgan fingerprint density at radius 3 is 2.13 bits per heavy atom. The monoisotopic (exact) mass is 679 g/mol. The van der Waals surface area contributed by atoms with Gasteiger partial charge in [-0.2, -0.15) is 11.8 Å². The zero-order valence-electron chi connectivity index (χ0n) is 30.7. The molecule has 2 aliphatic heterocycles. The van der Waals surface area contributed by atoms with E-state index in [9.17, 15) is 24.0 Å². The maximum absolute atomic E-state index is 14.2. The molecule has 0 bridgehead atoms. The van der Waals surface area contributed by atoms with E-state index in [1.54, 1.807) is 41.6 Å². The third kappa shape index (κ3) is 11.0. The van der Waals surface area contributed by atoms with Gasteiger partial charge >= 0.3 is 5.97 Å². The van der Waals surface area contributed by atoms with Gasteiger partial charge in [0.05, 0.1) is 19.2 Å². The fourth-order valence-corrected chi connectivity index (χ4v) is 7.05. The highest BCUT2D eigenvalue weighted by Crippen LogP contribution is 2.27. The van der Waals surface area contributed by atoms with Gasteiger partial charge in [0.15, 0.2) is 0 Å². The number of methoxy groups -OCH3 is 1. The molecule has 0 spiro atoms. The molecule has 4 amide bonds. The lowest BCUT2D eigenvalue weighted by atomic mass is 9.84. The lowest BCUT2D eigenvalue weighted by Crippen LogP contribution is -2.60.